The number of rotatable bonds is 3. The van der Waals surface area contributed by atoms with Gasteiger partial charge in [-0.1, -0.05) is 0 Å². The van der Waals surface area contributed by atoms with Crippen molar-refractivity contribution in [1.82, 2.24) is 0 Å². The average Bonchev–Trinajstić information content (AvgIpc) is 2.80. The molecular formula is C12H11F2NO5S. The van der Waals surface area contributed by atoms with Gasteiger partial charge in [0.1, 0.15) is 11.1 Å². The van der Waals surface area contributed by atoms with Crippen molar-refractivity contribution in [3.05, 3.63) is 29.6 Å². The number of hydrogen-bond donors (Lipinski definition) is 0. The molecule has 21 heavy (non-hydrogen) atoms. The minimum atomic E-state index is -4.84. The van der Waals surface area contributed by atoms with Gasteiger partial charge >= 0.3 is 16.2 Å². The van der Waals surface area contributed by atoms with Crippen LogP contribution < -0.4 is 4.90 Å². The molecule has 2 rings (SSSR count). The number of carbonyl (C=O) groups is 2. The number of hydrogen-bond acceptors (Lipinski definition) is 5. The molecule has 9 heteroatoms. The van der Waals surface area contributed by atoms with E-state index in [4.69, 9.17) is 0 Å². The van der Waals surface area contributed by atoms with Gasteiger partial charge in [-0.2, -0.15) is 8.42 Å². The van der Waals surface area contributed by atoms with Crippen LogP contribution in [0.4, 0.5) is 14.0 Å². The third-order valence-electron chi connectivity index (χ3n) is 3.15. The van der Waals surface area contributed by atoms with Crippen LogP contribution in [0.1, 0.15) is 16.8 Å². The topological polar surface area (TPSA) is 80.8 Å². The van der Waals surface area contributed by atoms with E-state index in [1.807, 2.05) is 0 Å². The van der Waals surface area contributed by atoms with Crippen molar-refractivity contribution in [2.24, 2.45) is 0 Å². The lowest BCUT2D eigenvalue weighted by Crippen LogP contribution is -2.27. The van der Waals surface area contributed by atoms with Gasteiger partial charge in [-0.15, -0.1) is 3.89 Å². The van der Waals surface area contributed by atoms with E-state index >= 15 is 0 Å². The minimum Gasteiger partial charge on any atom is -0.465 e. The molecule has 0 spiro atoms. The molecule has 0 N–H and O–H groups in total. The summed E-state index contributed by atoms with van der Waals surface area (Å²) in [5, 5.41) is -1.46. The fourth-order valence-electron chi connectivity index (χ4n) is 2.06. The maximum Gasteiger partial charge on any atom is 0.340 e. The van der Waals surface area contributed by atoms with E-state index in [1.165, 1.54) is 6.07 Å². The van der Waals surface area contributed by atoms with Crippen LogP contribution in [0.5, 0.6) is 0 Å². The van der Waals surface area contributed by atoms with E-state index in [9.17, 15) is 26.3 Å². The number of methoxy groups -OCH3 is 1. The Morgan fingerprint density at radius 1 is 1.43 bits per heavy atom. The molecule has 114 valence electrons. The molecule has 1 atom stereocenters. The Morgan fingerprint density at radius 2 is 2.10 bits per heavy atom. The molecule has 1 amide bonds. The number of ether oxygens (including phenoxy) is 1. The van der Waals surface area contributed by atoms with Crippen molar-refractivity contribution < 1.29 is 31.0 Å². The Hall–Kier alpha value is -2.03. The van der Waals surface area contributed by atoms with Gasteiger partial charge in [-0.25, -0.2) is 9.18 Å². The van der Waals surface area contributed by atoms with Gasteiger partial charge in [0.25, 0.3) is 0 Å². The fourth-order valence-corrected chi connectivity index (χ4v) is 2.73. The van der Waals surface area contributed by atoms with Crippen LogP contribution in [0, 0.1) is 5.82 Å². The van der Waals surface area contributed by atoms with E-state index in [-0.39, 0.29) is 12.2 Å². The van der Waals surface area contributed by atoms with Crippen LogP contribution in [0.25, 0.3) is 0 Å². The normalized spacial score (nSPS) is 18.9. The van der Waals surface area contributed by atoms with Gasteiger partial charge in [0.2, 0.25) is 5.91 Å². The van der Waals surface area contributed by atoms with E-state index in [1.54, 1.807) is 0 Å². The molecule has 1 unspecified atom stereocenters. The largest absolute Gasteiger partial charge is 0.465 e. The van der Waals surface area contributed by atoms with E-state index in [0.717, 1.165) is 24.1 Å². The molecule has 0 bridgehead atoms. The molecule has 1 saturated heterocycles. The van der Waals surface area contributed by atoms with Crippen LogP contribution in [-0.2, 0) is 19.8 Å². The molecule has 0 aromatic heterocycles. The monoisotopic (exact) mass is 319 g/mol. The first-order chi connectivity index (χ1) is 9.74. The van der Waals surface area contributed by atoms with Crippen molar-refractivity contribution in [2.75, 3.05) is 18.6 Å². The lowest BCUT2D eigenvalue weighted by Gasteiger charge is -2.17. The van der Waals surface area contributed by atoms with E-state index < -0.39 is 45.2 Å². The number of esters is 1. The van der Waals surface area contributed by atoms with Crippen LogP contribution in [-0.4, -0.2) is 39.2 Å². The van der Waals surface area contributed by atoms with Crippen LogP contribution in [0.3, 0.4) is 0 Å². The predicted molar refractivity (Wildman–Crippen MR) is 68.5 cm³/mol. The number of anilines is 1. The van der Waals surface area contributed by atoms with E-state index in [0.29, 0.717) is 0 Å². The minimum absolute atomic E-state index is 0.105. The summed E-state index contributed by atoms with van der Waals surface area (Å²) in [5.41, 5.74) is -0.290. The Labute approximate surface area is 119 Å². The highest BCUT2D eigenvalue weighted by Gasteiger charge is 2.39. The number of nitrogens with zero attached hydrogens (tertiary/aromatic N) is 1. The molecule has 0 aliphatic carbocycles. The first-order valence-corrected chi connectivity index (χ1v) is 7.30. The molecule has 1 aromatic rings. The first-order valence-electron chi connectivity index (χ1n) is 5.85. The summed E-state index contributed by atoms with van der Waals surface area (Å²) in [6.07, 6.45) is -0.496. The van der Waals surface area contributed by atoms with Crippen LogP contribution in [0.2, 0.25) is 0 Å². The zero-order chi connectivity index (χ0) is 15.8. The maximum atomic E-state index is 13.5. The number of halogens is 2. The zero-order valence-corrected chi connectivity index (χ0v) is 11.7. The van der Waals surface area contributed by atoms with Gasteiger partial charge in [-0.05, 0) is 18.2 Å². The van der Waals surface area contributed by atoms with Gasteiger partial charge in [-0.3, -0.25) is 4.79 Å². The second kappa shape index (κ2) is 5.40. The smallest absolute Gasteiger partial charge is 0.340 e. The summed E-state index contributed by atoms with van der Waals surface area (Å²) in [4.78, 5) is 24.1. The summed E-state index contributed by atoms with van der Waals surface area (Å²) < 4.78 is 52.5. The van der Waals surface area contributed by atoms with Crippen molar-refractivity contribution in [1.29, 1.82) is 0 Å². The van der Waals surface area contributed by atoms with Gasteiger partial charge in [0, 0.05) is 18.7 Å². The molecule has 1 heterocycles. The van der Waals surface area contributed by atoms with Crippen molar-refractivity contribution >= 4 is 27.8 Å². The molecule has 1 aromatic carbocycles. The van der Waals surface area contributed by atoms with Gasteiger partial charge in [0.15, 0.2) is 0 Å². The Morgan fingerprint density at radius 3 is 2.62 bits per heavy atom. The summed E-state index contributed by atoms with van der Waals surface area (Å²) >= 11 is 0. The summed E-state index contributed by atoms with van der Waals surface area (Å²) in [7, 11) is -3.77. The predicted octanol–water partition coefficient (Wildman–Crippen LogP) is 1.02. The summed E-state index contributed by atoms with van der Waals surface area (Å²) in [6, 6.07) is 3.21. The molecule has 0 radical (unpaired) electrons. The van der Waals surface area contributed by atoms with Crippen molar-refractivity contribution in [3.8, 4) is 0 Å². The van der Waals surface area contributed by atoms with E-state index in [2.05, 4.69) is 4.74 Å². The average molecular weight is 319 g/mol. The zero-order valence-electron chi connectivity index (χ0n) is 10.9. The number of benzene rings is 1. The third-order valence-corrected chi connectivity index (χ3v) is 4.27. The van der Waals surface area contributed by atoms with Crippen molar-refractivity contribution in [2.45, 2.75) is 11.7 Å². The SMILES string of the molecule is COC(=O)c1cc(N2CC(S(=O)(=O)F)CC2=O)ccc1F. The molecular weight excluding hydrogens is 308 g/mol. The fraction of sp³-hybridized carbons (Fsp3) is 0.333. The highest BCUT2D eigenvalue weighted by atomic mass is 32.3. The third kappa shape index (κ3) is 3.02. The maximum absolute atomic E-state index is 13.5. The lowest BCUT2D eigenvalue weighted by molar-refractivity contribution is -0.117. The Balaban J connectivity index is 2.35. The second-order valence-corrected chi connectivity index (χ2v) is 6.08. The molecule has 0 saturated carbocycles. The molecule has 1 aliphatic heterocycles. The Bertz CT molecular complexity index is 704. The van der Waals surface area contributed by atoms with Gasteiger partial charge in [0.05, 0.1) is 12.7 Å². The highest BCUT2D eigenvalue weighted by Crippen LogP contribution is 2.27. The van der Waals surface area contributed by atoms with Crippen LogP contribution in [0.15, 0.2) is 18.2 Å². The Kier molecular flexibility index (Phi) is 3.95. The molecule has 1 fully saturated rings. The first kappa shape index (κ1) is 15.4. The highest BCUT2D eigenvalue weighted by molar-refractivity contribution is 7.87. The van der Waals surface area contributed by atoms with Gasteiger partial charge < -0.3 is 9.64 Å². The second-order valence-electron chi connectivity index (χ2n) is 4.46. The molecule has 1 aliphatic rings. The van der Waals surface area contributed by atoms with Crippen LogP contribution >= 0.6 is 0 Å². The van der Waals surface area contributed by atoms with Crippen molar-refractivity contribution in [3.63, 3.8) is 0 Å². The standard InChI is InChI=1S/C12H11F2NO5S/c1-20-12(17)9-4-7(2-3-10(9)13)15-6-8(5-11(15)16)21(14,18)19/h2-4,8H,5-6H2,1H3. The quantitative estimate of drug-likeness (QED) is 0.614. The summed E-state index contributed by atoms with van der Waals surface area (Å²) in [6.45, 7) is -0.385. The lowest BCUT2D eigenvalue weighted by atomic mass is 10.2. The number of carbonyl (C=O) groups excluding carboxylic acids is 2. The molecule has 6 nitrogen and oxygen atoms in total. The summed E-state index contributed by atoms with van der Waals surface area (Å²) in [5.74, 6) is -2.40. The number of amides is 1.